The van der Waals surface area contributed by atoms with E-state index < -0.39 is 0 Å². The van der Waals surface area contributed by atoms with Crippen LogP contribution >= 0.6 is 11.8 Å². The number of benzene rings is 2. The highest BCUT2D eigenvalue weighted by Gasteiger charge is 2.19. The molecule has 30 heavy (non-hydrogen) atoms. The number of para-hydroxylation sites is 1. The average Bonchev–Trinajstić information content (AvgIpc) is 3.31. The molecule has 2 aromatic carbocycles. The number of thioether (sulfide) groups is 1. The van der Waals surface area contributed by atoms with E-state index in [0.29, 0.717) is 29.1 Å². The summed E-state index contributed by atoms with van der Waals surface area (Å²) in [6.07, 6.45) is 4.07. The normalized spacial score (nSPS) is 16.7. The number of methoxy groups -OCH3 is 1. The quantitative estimate of drug-likeness (QED) is 0.597. The van der Waals surface area contributed by atoms with E-state index in [4.69, 9.17) is 13.9 Å². The summed E-state index contributed by atoms with van der Waals surface area (Å²) in [5, 5.41) is 3.73. The van der Waals surface area contributed by atoms with Crippen LogP contribution in [0.3, 0.4) is 0 Å². The van der Waals surface area contributed by atoms with Crippen molar-refractivity contribution in [2.45, 2.75) is 23.8 Å². The summed E-state index contributed by atoms with van der Waals surface area (Å²) < 4.78 is 17.1. The van der Waals surface area contributed by atoms with Gasteiger partial charge in [0.15, 0.2) is 11.3 Å². The molecule has 6 nitrogen and oxygen atoms in total. The van der Waals surface area contributed by atoms with Gasteiger partial charge in [0.2, 0.25) is 5.55 Å². The lowest BCUT2D eigenvalue weighted by Crippen LogP contribution is -2.34. The first-order valence-corrected chi connectivity index (χ1v) is 11.1. The fraction of sp³-hybridized carbons (Fsp3) is 0.304. The van der Waals surface area contributed by atoms with Gasteiger partial charge >= 0.3 is 0 Å². The van der Waals surface area contributed by atoms with Gasteiger partial charge in [-0.1, -0.05) is 12.1 Å². The van der Waals surface area contributed by atoms with E-state index in [-0.39, 0.29) is 17.6 Å². The summed E-state index contributed by atoms with van der Waals surface area (Å²) in [5.74, 6) is 0.353. The van der Waals surface area contributed by atoms with Crippen LogP contribution in [-0.4, -0.2) is 38.5 Å². The number of amides is 1. The van der Waals surface area contributed by atoms with Crippen LogP contribution in [0.2, 0.25) is 0 Å². The summed E-state index contributed by atoms with van der Waals surface area (Å²) >= 11 is 1.66. The highest BCUT2D eigenvalue weighted by molar-refractivity contribution is 7.98. The van der Waals surface area contributed by atoms with Crippen molar-refractivity contribution in [3.8, 4) is 5.75 Å². The first-order chi connectivity index (χ1) is 14.7. The third-order valence-electron chi connectivity index (χ3n) is 5.02. The molecule has 1 amide bonds. The Bertz CT molecular complexity index is 1100. The highest BCUT2D eigenvalue weighted by Crippen LogP contribution is 2.25. The van der Waals surface area contributed by atoms with Crippen LogP contribution in [0.4, 0.5) is 5.69 Å². The van der Waals surface area contributed by atoms with Crippen LogP contribution in [0.5, 0.6) is 5.75 Å². The minimum Gasteiger partial charge on any atom is -0.493 e. The topological polar surface area (TPSA) is 73.1 Å². The first kappa shape index (κ1) is 20.5. The molecular weight excluding hydrogens is 400 g/mol. The van der Waals surface area contributed by atoms with Crippen molar-refractivity contribution >= 4 is 34.3 Å². The second-order valence-corrected chi connectivity index (χ2v) is 7.88. The number of fused-ring (bicyclic) bond motifs is 1. The Kier molecular flexibility index (Phi) is 6.40. The van der Waals surface area contributed by atoms with E-state index in [1.807, 2.05) is 48.7 Å². The van der Waals surface area contributed by atoms with Crippen molar-refractivity contribution in [1.82, 2.24) is 5.32 Å². The Balaban J connectivity index is 1.76. The fourth-order valence-corrected chi connectivity index (χ4v) is 3.82. The second kappa shape index (κ2) is 9.36. The second-order valence-electron chi connectivity index (χ2n) is 7.00. The molecule has 0 bridgehead atoms. The van der Waals surface area contributed by atoms with E-state index in [2.05, 4.69) is 10.3 Å². The Labute approximate surface area is 179 Å². The summed E-state index contributed by atoms with van der Waals surface area (Å²) in [4.78, 5) is 18.7. The SMILES string of the molecule is COc1cccc2cc(C(=O)NCC3CCCO3)c(=Nc3ccc(SC)cc3)oc12. The van der Waals surface area contributed by atoms with Gasteiger partial charge in [-0.15, -0.1) is 11.8 Å². The maximum absolute atomic E-state index is 13.0. The lowest BCUT2D eigenvalue weighted by atomic mass is 10.1. The van der Waals surface area contributed by atoms with Gasteiger partial charge in [-0.05, 0) is 55.5 Å². The maximum atomic E-state index is 13.0. The number of nitrogens with one attached hydrogen (secondary N) is 1. The molecule has 156 valence electrons. The Morgan fingerprint density at radius 1 is 1.27 bits per heavy atom. The van der Waals surface area contributed by atoms with E-state index >= 15 is 0 Å². The molecule has 1 aliphatic heterocycles. The molecule has 0 spiro atoms. The molecule has 1 N–H and O–H groups in total. The minimum absolute atomic E-state index is 0.0610. The molecule has 3 aromatic rings. The van der Waals surface area contributed by atoms with Gasteiger partial charge in [-0.25, -0.2) is 4.99 Å². The van der Waals surface area contributed by atoms with Crippen LogP contribution in [0.15, 0.2) is 62.8 Å². The fourth-order valence-electron chi connectivity index (χ4n) is 3.41. The summed E-state index contributed by atoms with van der Waals surface area (Å²) in [5.41, 5.74) is 1.88. The predicted octanol–water partition coefficient (Wildman–Crippen LogP) is 4.30. The lowest BCUT2D eigenvalue weighted by molar-refractivity contribution is 0.0854. The molecule has 1 unspecified atom stereocenters. The Morgan fingerprint density at radius 3 is 2.80 bits per heavy atom. The van der Waals surface area contributed by atoms with Crippen LogP contribution in [0.1, 0.15) is 23.2 Å². The summed E-state index contributed by atoms with van der Waals surface area (Å²) in [6, 6.07) is 15.1. The number of hydrogen-bond acceptors (Lipinski definition) is 6. The zero-order chi connectivity index (χ0) is 20.9. The van der Waals surface area contributed by atoms with E-state index in [1.165, 1.54) is 0 Å². The molecule has 1 saturated heterocycles. The Morgan fingerprint density at radius 2 is 2.10 bits per heavy atom. The number of hydrogen-bond donors (Lipinski definition) is 1. The van der Waals surface area contributed by atoms with Gasteiger partial charge in [0, 0.05) is 23.4 Å². The van der Waals surface area contributed by atoms with E-state index in [9.17, 15) is 4.79 Å². The van der Waals surface area contributed by atoms with Crippen molar-refractivity contribution in [3.63, 3.8) is 0 Å². The predicted molar refractivity (Wildman–Crippen MR) is 118 cm³/mol. The zero-order valence-corrected chi connectivity index (χ0v) is 17.8. The molecule has 0 aliphatic carbocycles. The maximum Gasteiger partial charge on any atom is 0.256 e. The number of nitrogens with zero attached hydrogens (tertiary/aromatic N) is 1. The number of ether oxygens (including phenoxy) is 2. The molecule has 7 heteroatoms. The smallest absolute Gasteiger partial charge is 0.256 e. The Hall–Kier alpha value is -2.77. The number of carbonyl (C=O) groups excluding carboxylic acids is 1. The van der Waals surface area contributed by atoms with Gasteiger partial charge in [-0.2, -0.15) is 0 Å². The average molecular weight is 425 g/mol. The molecule has 1 fully saturated rings. The van der Waals surface area contributed by atoms with Crippen LogP contribution < -0.4 is 15.6 Å². The third-order valence-corrected chi connectivity index (χ3v) is 5.76. The van der Waals surface area contributed by atoms with Gasteiger partial charge in [-0.3, -0.25) is 4.79 Å². The number of carbonyl (C=O) groups is 1. The summed E-state index contributed by atoms with van der Waals surface area (Å²) in [6.45, 7) is 1.22. The third kappa shape index (κ3) is 4.52. The molecular formula is C23H24N2O4S. The minimum atomic E-state index is -0.238. The van der Waals surface area contributed by atoms with Crippen LogP contribution in [-0.2, 0) is 4.74 Å². The monoisotopic (exact) mass is 424 g/mol. The molecule has 2 heterocycles. The van der Waals surface area contributed by atoms with Crippen LogP contribution in [0, 0.1) is 0 Å². The molecule has 0 saturated carbocycles. The standard InChI is InChI=1S/C23H24N2O4S/c1-27-20-7-3-5-15-13-19(22(26)24-14-17-6-4-12-28-17)23(29-21(15)20)25-16-8-10-18(30-2)11-9-16/h3,5,7-11,13,17H,4,6,12,14H2,1-2H3,(H,24,26). The summed E-state index contributed by atoms with van der Waals surface area (Å²) in [7, 11) is 1.59. The van der Waals surface area contributed by atoms with E-state index in [0.717, 1.165) is 29.7 Å². The molecule has 1 aromatic heterocycles. The molecule has 0 radical (unpaired) electrons. The lowest BCUT2D eigenvalue weighted by Gasteiger charge is -2.12. The molecule has 1 atom stereocenters. The van der Waals surface area contributed by atoms with Gasteiger partial charge in [0.1, 0.15) is 5.56 Å². The van der Waals surface area contributed by atoms with Crippen molar-refractivity contribution in [3.05, 3.63) is 59.6 Å². The van der Waals surface area contributed by atoms with Crippen molar-refractivity contribution < 1.29 is 18.7 Å². The first-order valence-electron chi connectivity index (χ1n) is 9.87. The van der Waals surface area contributed by atoms with E-state index in [1.54, 1.807) is 24.9 Å². The van der Waals surface area contributed by atoms with Crippen molar-refractivity contribution in [2.75, 3.05) is 26.5 Å². The molecule has 4 rings (SSSR count). The van der Waals surface area contributed by atoms with Crippen molar-refractivity contribution in [1.29, 1.82) is 0 Å². The largest absolute Gasteiger partial charge is 0.493 e. The number of rotatable bonds is 6. The van der Waals surface area contributed by atoms with Gasteiger partial charge < -0.3 is 19.2 Å². The highest BCUT2D eigenvalue weighted by atomic mass is 32.2. The van der Waals surface area contributed by atoms with Gasteiger partial charge in [0.25, 0.3) is 5.91 Å². The van der Waals surface area contributed by atoms with Gasteiger partial charge in [0.05, 0.1) is 18.9 Å². The zero-order valence-electron chi connectivity index (χ0n) is 17.0. The van der Waals surface area contributed by atoms with Crippen molar-refractivity contribution in [2.24, 2.45) is 4.99 Å². The molecule has 1 aliphatic rings. The van der Waals surface area contributed by atoms with Crippen LogP contribution in [0.25, 0.3) is 11.0 Å².